The van der Waals surface area contributed by atoms with E-state index in [-0.39, 0.29) is 5.91 Å². The lowest BCUT2D eigenvalue weighted by molar-refractivity contribution is -0.937. The Hall–Kier alpha value is -1.91. The molecule has 0 bridgehead atoms. The van der Waals surface area contributed by atoms with Gasteiger partial charge in [-0.25, -0.2) is 8.42 Å². The molecule has 1 amide bonds. The van der Waals surface area contributed by atoms with Crippen molar-refractivity contribution in [3.8, 4) is 0 Å². The number of nitrogens with zero attached hydrogens (tertiary/aromatic N) is 1. The molecule has 0 saturated carbocycles. The summed E-state index contributed by atoms with van der Waals surface area (Å²) < 4.78 is 60.0. The Balaban J connectivity index is 0.000000828. The molecule has 1 rings (SSSR count). The number of rotatable bonds is 9. The summed E-state index contributed by atoms with van der Waals surface area (Å²) in [5.74, 6) is -0.0378. The van der Waals surface area contributed by atoms with Gasteiger partial charge in [-0.15, -0.1) is 0 Å². The van der Waals surface area contributed by atoms with Crippen LogP contribution in [0.5, 0.6) is 0 Å². The number of quaternary nitrogens is 1. The molecule has 0 aromatic heterocycles. The fourth-order valence-corrected chi connectivity index (χ4v) is 2.58. The van der Waals surface area contributed by atoms with Gasteiger partial charge in [0.1, 0.15) is 6.54 Å². The number of carbonyl (C=O) groups is 1. The first kappa shape index (κ1) is 27.1. The third-order valence-corrected chi connectivity index (χ3v) is 5.04. The van der Waals surface area contributed by atoms with Gasteiger partial charge in [-0.3, -0.25) is 4.79 Å². The normalized spacial score (nSPS) is 12.0. The number of hydrogen-bond donors (Lipinski definition) is 1. The molecule has 0 radical (unpaired) electrons. The number of amides is 1. The minimum atomic E-state index is -6.09. The van der Waals surface area contributed by atoms with Crippen LogP contribution in [0, 0.1) is 0 Å². The zero-order valence-electron chi connectivity index (χ0n) is 17.0. The van der Waals surface area contributed by atoms with E-state index in [9.17, 15) is 18.0 Å². The van der Waals surface area contributed by atoms with Gasteiger partial charge in [0.25, 0.3) is 0 Å². The van der Waals surface area contributed by atoms with E-state index in [4.69, 9.17) is 13.0 Å². The van der Waals surface area contributed by atoms with Crippen LogP contribution in [0.2, 0.25) is 0 Å². The van der Waals surface area contributed by atoms with Crippen LogP contribution in [0.1, 0.15) is 32.8 Å². The number of benzene rings is 1. The first-order valence-corrected chi connectivity index (χ1v) is 10.5. The second-order valence-corrected chi connectivity index (χ2v) is 8.00. The zero-order valence-corrected chi connectivity index (χ0v) is 17.8. The summed E-state index contributed by atoms with van der Waals surface area (Å²) in [5.41, 5.74) is -3.69. The second-order valence-electron chi connectivity index (χ2n) is 6.63. The van der Waals surface area contributed by atoms with Gasteiger partial charge in [-0.1, -0.05) is 36.9 Å². The van der Waals surface area contributed by atoms with Crippen LogP contribution in [0.15, 0.2) is 42.5 Å². The average Bonchev–Trinajstić information content (AvgIpc) is 2.63. The van der Waals surface area contributed by atoms with E-state index in [1.54, 1.807) is 6.92 Å². The maximum atomic E-state index is 11.5. The molecule has 0 spiro atoms. The number of nitrogens with one attached hydrogen (secondary N) is 1. The Kier molecular flexibility index (Phi) is 11.2. The Bertz CT molecular complexity index is 746. The highest BCUT2D eigenvalue weighted by atomic mass is 32.2. The molecule has 0 heterocycles. The molecular formula is C19H29F3N2O4S. The molecule has 166 valence electrons. The lowest BCUT2D eigenvalue weighted by Gasteiger charge is -2.37. The lowest BCUT2D eigenvalue weighted by atomic mass is 10.1. The highest BCUT2D eigenvalue weighted by Gasteiger charge is 2.36. The van der Waals surface area contributed by atoms with Gasteiger partial charge in [-0.05, 0) is 20.8 Å². The molecule has 1 aromatic carbocycles. The predicted octanol–water partition coefficient (Wildman–Crippen LogP) is 3.18. The van der Waals surface area contributed by atoms with Crippen LogP contribution in [0.25, 0.3) is 0 Å². The molecule has 1 aromatic rings. The van der Waals surface area contributed by atoms with Crippen LogP contribution < -0.4 is 5.32 Å². The zero-order chi connectivity index (χ0) is 22.7. The number of hydrogen-bond acceptors (Lipinski definition) is 4. The second kappa shape index (κ2) is 11.9. The fraction of sp³-hybridized carbons (Fsp3) is 0.526. The van der Waals surface area contributed by atoms with Gasteiger partial charge in [0, 0.05) is 24.1 Å². The van der Waals surface area contributed by atoms with Crippen molar-refractivity contribution in [3.63, 3.8) is 0 Å². The van der Waals surface area contributed by atoms with Crippen molar-refractivity contribution < 1.29 is 35.4 Å². The minimum Gasteiger partial charge on any atom is -0.741 e. The maximum Gasteiger partial charge on any atom is 0.485 e. The van der Waals surface area contributed by atoms with Gasteiger partial charge in [-0.2, -0.15) is 13.2 Å². The highest BCUT2D eigenvalue weighted by molar-refractivity contribution is 7.86. The molecule has 0 aliphatic rings. The van der Waals surface area contributed by atoms with Crippen molar-refractivity contribution in [2.45, 2.75) is 39.2 Å². The van der Waals surface area contributed by atoms with Crippen molar-refractivity contribution in [2.75, 3.05) is 26.2 Å². The molecule has 0 aliphatic heterocycles. The quantitative estimate of drug-likeness (QED) is 0.211. The van der Waals surface area contributed by atoms with Crippen molar-refractivity contribution >= 4 is 16.0 Å². The van der Waals surface area contributed by atoms with E-state index in [0.29, 0.717) is 5.57 Å². The minimum absolute atomic E-state index is 0.0378. The summed E-state index contributed by atoms with van der Waals surface area (Å²) in [7, 11) is -6.09. The summed E-state index contributed by atoms with van der Waals surface area (Å²) >= 11 is 0. The topological polar surface area (TPSA) is 86.3 Å². The standard InChI is InChI=1S/C18H28N2O.CHF3O3S/c1-5-20(6-2,15-17-11-8-7-9-12-17)14-10-13-19-18(21)16(3)4;2-1(3,4)8(5,6)7/h7-9,11-12H,3,5-6,10,13-15H2,1-2,4H3;(H,5,6,7). The number of carbonyl (C=O) groups excluding carboxylic acids is 1. The summed E-state index contributed by atoms with van der Waals surface area (Å²) in [6.45, 7) is 15.0. The van der Waals surface area contributed by atoms with E-state index in [2.05, 4.69) is 56.1 Å². The largest absolute Gasteiger partial charge is 0.741 e. The van der Waals surface area contributed by atoms with Crippen LogP contribution in [0.4, 0.5) is 13.2 Å². The van der Waals surface area contributed by atoms with Gasteiger partial charge in [0.2, 0.25) is 5.91 Å². The van der Waals surface area contributed by atoms with Crippen LogP contribution in [0.3, 0.4) is 0 Å². The Morgan fingerprint density at radius 2 is 1.66 bits per heavy atom. The molecule has 29 heavy (non-hydrogen) atoms. The first-order valence-electron chi connectivity index (χ1n) is 9.13. The van der Waals surface area contributed by atoms with Crippen LogP contribution >= 0.6 is 0 Å². The van der Waals surface area contributed by atoms with E-state index in [1.807, 2.05) is 0 Å². The summed E-state index contributed by atoms with van der Waals surface area (Å²) in [6.07, 6.45) is 0.994. The molecule has 0 saturated heterocycles. The summed E-state index contributed by atoms with van der Waals surface area (Å²) in [6, 6.07) is 10.6. The van der Waals surface area contributed by atoms with Crippen LogP contribution in [-0.2, 0) is 21.5 Å². The van der Waals surface area contributed by atoms with E-state index in [0.717, 1.165) is 43.6 Å². The Morgan fingerprint density at radius 1 is 1.17 bits per heavy atom. The van der Waals surface area contributed by atoms with Gasteiger partial charge >= 0.3 is 5.51 Å². The molecule has 0 aliphatic carbocycles. The molecule has 10 heteroatoms. The lowest BCUT2D eigenvalue weighted by Crippen LogP contribution is -2.48. The molecule has 1 N–H and O–H groups in total. The smallest absolute Gasteiger partial charge is 0.485 e. The monoisotopic (exact) mass is 438 g/mol. The third kappa shape index (κ3) is 10.4. The summed E-state index contributed by atoms with van der Waals surface area (Å²) in [5, 5.41) is 2.92. The van der Waals surface area contributed by atoms with Crippen LogP contribution in [-0.4, -0.2) is 55.0 Å². The average molecular weight is 439 g/mol. The predicted molar refractivity (Wildman–Crippen MR) is 105 cm³/mol. The van der Waals surface area contributed by atoms with E-state index < -0.39 is 15.6 Å². The van der Waals surface area contributed by atoms with Crippen molar-refractivity contribution in [3.05, 3.63) is 48.0 Å². The van der Waals surface area contributed by atoms with Crippen molar-refractivity contribution in [1.82, 2.24) is 5.32 Å². The molecular weight excluding hydrogens is 409 g/mol. The Labute approximate surface area is 170 Å². The van der Waals surface area contributed by atoms with Gasteiger partial charge < -0.3 is 14.4 Å². The molecule has 0 fully saturated rings. The number of alkyl halides is 3. The maximum absolute atomic E-state index is 11.5. The SMILES string of the molecule is C=C(C)C(=O)NCCC[N+](CC)(CC)Cc1ccccc1.O=S(=O)([O-])C(F)(F)F. The fourth-order valence-electron chi connectivity index (χ4n) is 2.58. The van der Waals surface area contributed by atoms with Crippen molar-refractivity contribution in [2.24, 2.45) is 0 Å². The first-order chi connectivity index (χ1) is 13.3. The highest BCUT2D eigenvalue weighted by Crippen LogP contribution is 2.20. The third-order valence-electron chi connectivity index (χ3n) is 4.47. The van der Waals surface area contributed by atoms with Gasteiger partial charge in [0.05, 0.1) is 19.6 Å². The number of halogens is 3. The van der Waals surface area contributed by atoms with E-state index in [1.165, 1.54) is 5.56 Å². The van der Waals surface area contributed by atoms with Crippen molar-refractivity contribution in [1.29, 1.82) is 0 Å². The van der Waals surface area contributed by atoms with E-state index >= 15 is 0 Å². The molecule has 0 atom stereocenters. The summed E-state index contributed by atoms with van der Waals surface area (Å²) in [4.78, 5) is 11.5. The molecule has 6 nitrogen and oxygen atoms in total. The Morgan fingerprint density at radius 3 is 2.03 bits per heavy atom. The van der Waals surface area contributed by atoms with Gasteiger partial charge in [0.15, 0.2) is 10.1 Å². The molecule has 0 unspecified atom stereocenters.